The molecule has 2 aliphatic rings. The number of aromatic nitrogens is 2. The number of hydrogen-bond donors (Lipinski definition) is 2. The monoisotopic (exact) mass is 534 g/mol. The summed E-state index contributed by atoms with van der Waals surface area (Å²) in [6.45, 7) is 0. The van der Waals surface area contributed by atoms with Gasteiger partial charge in [-0.2, -0.15) is 0 Å². The average Bonchev–Trinajstić information content (AvgIpc) is 3.41. The summed E-state index contributed by atoms with van der Waals surface area (Å²) < 4.78 is 37.3. The second-order valence-electron chi connectivity index (χ2n) is 8.21. The van der Waals surface area contributed by atoms with E-state index >= 15 is 0 Å². The highest BCUT2D eigenvalue weighted by molar-refractivity contribution is 8.00. The van der Waals surface area contributed by atoms with E-state index in [2.05, 4.69) is 14.7 Å². The molecule has 0 unspecified atom stereocenters. The van der Waals surface area contributed by atoms with Crippen molar-refractivity contribution >= 4 is 63.9 Å². The largest absolute Gasteiger partial charge is 0.476 e. The number of nitrogens with zero attached hydrogens (tertiary/aromatic N) is 2. The van der Waals surface area contributed by atoms with Gasteiger partial charge in [0.1, 0.15) is 17.3 Å². The molecule has 2 heterocycles. The fourth-order valence-corrected chi connectivity index (χ4v) is 5.58. The van der Waals surface area contributed by atoms with Crippen LogP contribution in [0, 0.1) is 11.6 Å². The number of nitrogens with one attached hydrogen (secondary N) is 1. The van der Waals surface area contributed by atoms with Crippen LogP contribution < -0.4 is 10.5 Å². The maximum atomic E-state index is 14.1. The van der Waals surface area contributed by atoms with Crippen molar-refractivity contribution in [3.63, 3.8) is 0 Å². The Balaban J connectivity index is 1.60. The van der Waals surface area contributed by atoms with Crippen LogP contribution in [0.3, 0.4) is 0 Å². The van der Waals surface area contributed by atoms with Crippen LogP contribution in [0.25, 0.3) is 11.3 Å². The molecule has 1 aliphatic carbocycles. The number of ether oxygens (including phenoxy) is 1. The molecule has 0 amide bonds. The average molecular weight is 535 g/mol. The molecule has 1 aromatic heterocycles. The van der Waals surface area contributed by atoms with E-state index in [-0.39, 0.29) is 43.7 Å². The highest BCUT2D eigenvalue weighted by atomic mass is 35.5. The van der Waals surface area contributed by atoms with Gasteiger partial charge in [-0.1, -0.05) is 29.3 Å². The number of rotatable bonds is 5. The Morgan fingerprint density at radius 1 is 1.11 bits per heavy atom. The predicted molar refractivity (Wildman–Crippen MR) is 133 cm³/mol. The van der Waals surface area contributed by atoms with Crippen molar-refractivity contribution in [1.82, 2.24) is 9.97 Å². The van der Waals surface area contributed by atoms with Gasteiger partial charge in [0.15, 0.2) is 11.4 Å². The Bertz CT molecular complexity index is 1360. The summed E-state index contributed by atoms with van der Waals surface area (Å²) >= 11 is 13.8. The number of ketones is 1. The predicted octanol–water partition coefficient (Wildman–Crippen LogP) is 6.54. The van der Waals surface area contributed by atoms with Gasteiger partial charge >= 0.3 is 0 Å². The molecular formula is C24H18Cl2F2N4O2S. The van der Waals surface area contributed by atoms with Gasteiger partial charge in [0.2, 0.25) is 11.7 Å². The van der Waals surface area contributed by atoms with Gasteiger partial charge in [-0.25, -0.2) is 18.7 Å². The lowest BCUT2D eigenvalue weighted by atomic mass is 9.89. The van der Waals surface area contributed by atoms with E-state index in [9.17, 15) is 13.6 Å². The van der Waals surface area contributed by atoms with E-state index < -0.39 is 17.2 Å². The first kappa shape index (κ1) is 23.8. The van der Waals surface area contributed by atoms with Crippen molar-refractivity contribution in [3.8, 4) is 0 Å². The molecule has 11 heteroatoms. The summed E-state index contributed by atoms with van der Waals surface area (Å²) in [4.78, 5) is 21.7. The quantitative estimate of drug-likeness (QED) is 0.359. The van der Waals surface area contributed by atoms with E-state index in [1.54, 1.807) is 12.1 Å². The van der Waals surface area contributed by atoms with Crippen molar-refractivity contribution in [2.75, 3.05) is 10.5 Å². The second kappa shape index (κ2) is 9.29. The molecule has 1 fully saturated rings. The van der Waals surface area contributed by atoms with Crippen LogP contribution in [0.1, 0.15) is 36.9 Å². The highest BCUT2D eigenvalue weighted by Gasteiger charge is 2.52. The van der Waals surface area contributed by atoms with Gasteiger partial charge in [0, 0.05) is 16.8 Å². The van der Waals surface area contributed by atoms with Crippen LogP contribution in [0.4, 0.5) is 20.4 Å². The maximum absolute atomic E-state index is 14.1. The zero-order valence-corrected chi connectivity index (χ0v) is 20.4. The first-order chi connectivity index (χ1) is 16.8. The number of nitrogens with two attached hydrogens (primary N) is 1. The van der Waals surface area contributed by atoms with E-state index in [0.717, 1.165) is 25.0 Å². The summed E-state index contributed by atoms with van der Waals surface area (Å²) in [5, 5.41) is 0.399. The van der Waals surface area contributed by atoms with Gasteiger partial charge < -0.3 is 15.2 Å². The number of nitrogen functional groups attached to an aromatic ring is 1. The zero-order chi connectivity index (χ0) is 24.7. The zero-order valence-electron chi connectivity index (χ0n) is 18.1. The fraction of sp³-hybridized carbons (Fsp3) is 0.208. The van der Waals surface area contributed by atoms with Crippen molar-refractivity contribution in [2.45, 2.75) is 36.2 Å². The van der Waals surface area contributed by atoms with Gasteiger partial charge in [-0.15, -0.1) is 0 Å². The molecule has 5 rings (SSSR count). The molecular weight excluding hydrogens is 517 g/mol. The Hall–Kier alpha value is -2.88. The van der Waals surface area contributed by atoms with Crippen LogP contribution in [0.2, 0.25) is 10.0 Å². The molecule has 2 aromatic carbocycles. The van der Waals surface area contributed by atoms with Crippen LogP contribution in [0.15, 0.2) is 47.5 Å². The Labute approximate surface area is 214 Å². The van der Waals surface area contributed by atoms with Gasteiger partial charge in [0.05, 0.1) is 21.2 Å². The lowest BCUT2D eigenvalue weighted by Crippen LogP contribution is -2.33. The van der Waals surface area contributed by atoms with Crippen LogP contribution in [-0.4, -0.2) is 21.4 Å². The number of carbonyl (C=O) groups excluding carboxylic acids is 1. The van der Waals surface area contributed by atoms with E-state index in [4.69, 9.17) is 33.7 Å². The molecule has 180 valence electrons. The van der Waals surface area contributed by atoms with Crippen molar-refractivity contribution in [3.05, 3.63) is 75.5 Å². The van der Waals surface area contributed by atoms with Crippen LogP contribution in [0.5, 0.6) is 0 Å². The Morgan fingerprint density at radius 2 is 1.83 bits per heavy atom. The number of Topliss-reactive ketones (excluding diaryl/α,β-unsaturated/α-hetero) is 1. The minimum Gasteiger partial charge on any atom is -0.476 e. The minimum atomic E-state index is -1.01. The van der Waals surface area contributed by atoms with Crippen LogP contribution >= 0.6 is 35.1 Å². The van der Waals surface area contributed by atoms with Gasteiger partial charge in [-0.05, 0) is 68.0 Å². The third-order valence-electron chi connectivity index (χ3n) is 5.97. The van der Waals surface area contributed by atoms with Gasteiger partial charge in [-0.3, -0.25) is 4.79 Å². The normalized spacial score (nSPS) is 16.7. The Kier molecular flexibility index (Phi) is 6.33. The molecule has 3 aromatic rings. The van der Waals surface area contributed by atoms with Crippen LogP contribution in [-0.2, 0) is 9.53 Å². The van der Waals surface area contributed by atoms with Crippen molar-refractivity contribution in [1.29, 1.82) is 0 Å². The van der Waals surface area contributed by atoms with E-state index in [0.29, 0.717) is 36.0 Å². The summed E-state index contributed by atoms with van der Waals surface area (Å²) in [7, 11) is 0. The summed E-state index contributed by atoms with van der Waals surface area (Å²) in [6.07, 6.45) is 4.29. The molecule has 1 spiro atoms. The maximum Gasteiger partial charge on any atom is 0.220 e. The van der Waals surface area contributed by atoms with Crippen molar-refractivity contribution in [2.24, 2.45) is 0 Å². The smallest absolute Gasteiger partial charge is 0.220 e. The van der Waals surface area contributed by atoms with Gasteiger partial charge in [0.25, 0.3) is 0 Å². The summed E-state index contributed by atoms with van der Waals surface area (Å²) in [5.41, 5.74) is 5.94. The number of benzene rings is 2. The number of carbonyl (C=O) groups is 1. The van der Waals surface area contributed by atoms with E-state index in [1.807, 2.05) is 0 Å². The molecule has 0 radical (unpaired) electrons. The summed E-state index contributed by atoms with van der Waals surface area (Å²) in [5.74, 6) is -1.40. The molecule has 1 saturated carbocycles. The second-order valence-corrected chi connectivity index (χ2v) is 9.84. The number of anilines is 2. The lowest BCUT2D eigenvalue weighted by molar-refractivity contribution is -0.127. The third-order valence-corrected chi connectivity index (χ3v) is 7.51. The first-order valence-corrected chi connectivity index (χ1v) is 12.3. The number of halogens is 4. The molecule has 0 saturated heterocycles. The molecule has 6 nitrogen and oxygen atoms in total. The minimum absolute atomic E-state index is 0.0284. The highest BCUT2D eigenvalue weighted by Crippen LogP contribution is 2.51. The first-order valence-electron chi connectivity index (χ1n) is 10.7. The lowest BCUT2D eigenvalue weighted by Gasteiger charge is -2.22. The molecule has 35 heavy (non-hydrogen) atoms. The summed E-state index contributed by atoms with van der Waals surface area (Å²) in [6, 6.07) is 8.24. The fourth-order valence-electron chi connectivity index (χ4n) is 4.36. The van der Waals surface area contributed by atoms with Crippen molar-refractivity contribution < 1.29 is 18.3 Å². The molecule has 3 N–H and O–H groups in total. The number of hydrogen-bond acceptors (Lipinski definition) is 7. The molecule has 0 bridgehead atoms. The standard InChI is InChI=1S/C24H18Cl2F2N4O2S/c25-12-10-13(19(26)17(11-12)32-35-21-14(27)4-3-5-15(21)28)18-20(16-6-9-30-23(29)31-16)34-24(22(18)33)7-1-2-8-24/h3-6,9-11,32H,1-2,7-8H2,(H2,29,30,31). The SMILES string of the molecule is Nc1nccc(C2=C(c3cc(Cl)cc(NSc4c(F)cccc4F)c3Cl)C(=O)C3(CCCC3)O2)n1. The Morgan fingerprint density at radius 3 is 2.51 bits per heavy atom. The molecule has 0 atom stereocenters. The van der Waals surface area contributed by atoms with E-state index in [1.165, 1.54) is 18.3 Å². The molecule has 1 aliphatic heterocycles. The third kappa shape index (κ3) is 4.32. The topological polar surface area (TPSA) is 90.1 Å².